The van der Waals surface area contributed by atoms with Crippen molar-refractivity contribution in [2.24, 2.45) is 0 Å². The van der Waals surface area contributed by atoms with Crippen molar-refractivity contribution in [1.82, 2.24) is 19.4 Å². The number of benzene rings is 1. The predicted molar refractivity (Wildman–Crippen MR) is 145 cm³/mol. The van der Waals surface area contributed by atoms with Crippen LogP contribution in [-0.2, 0) is 11.3 Å². The van der Waals surface area contributed by atoms with Crippen molar-refractivity contribution in [2.45, 2.75) is 53.2 Å². The van der Waals surface area contributed by atoms with Gasteiger partial charge in [0.2, 0.25) is 5.91 Å². The molecule has 2 N–H and O–H groups in total. The van der Waals surface area contributed by atoms with Gasteiger partial charge in [0.1, 0.15) is 5.82 Å². The minimum absolute atomic E-state index is 0.120. The lowest BCUT2D eigenvalue weighted by Gasteiger charge is -2.38. The van der Waals surface area contributed by atoms with E-state index in [9.17, 15) is 9.59 Å². The molecular formula is C26H35FN6O2S. The average molecular weight is 515 g/mol. The van der Waals surface area contributed by atoms with Gasteiger partial charge in [-0.15, -0.1) is 11.3 Å². The molecule has 8 nitrogen and oxygen atoms in total. The van der Waals surface area contributed by atoms with Gasteiger partial charge >= 0.3 is 0 Å². The monoisotopic (exact) mass is 514 g/mol. The number of aryl methyl sites for hydroxylation is 1. The summed E-state index contributed by atoms with van der Waals surface area (Å²) in [6, 6.07) is 3.41. The fourth-order valence-electron chi connectivity index (χ4n) is 5.09. The topological polar surface area (TPSA) is 87.7 Å². The van der Waals surface area contributed by atoms with Crippen molar-refractivity contribution in [1.29, 1.82) is 0 Å². The molecule has 0 bridgehead atoms. The van der Waals surface area contributed by atoms with Crippen LogP contribution in [-0.4, -0.2) is 70.1 Å². The highest BCUT2D eigenvalue weighted by Gasteiger charge is 2.26. The summed E-state index contributed by atoms with van der Waals surface area (Å²) < 4.78 is 17.3. The van der Waals surface area contributed by atoms with Gasteiger partial charge < -0.3 is 20.1 Å². The molecule has 4 rings (SSSR count). The van der Waals surface area contributed by atoms with Crippen LogP contribution in [0.5, 0.6) is 0 Å². The molecule has 36 heavy (non-hydrogen) atoms. The van der Waals surface area contributed by atoms with Crippen LogP contribution in [0.3, 0.4) is 0 Å². The largest absolute Gasteiger partial charge is 0.375 e. The molecule has 1 aliphatic heterocycles. The lowest BCUT2D eigenvalue weighted by atomic mass is 10.1. The number of carbonyl (C=O) groups excluding carboxylic acids is 1. The molecule has 1 fully saturated rings. The lowest BCUT2D eigenvalue weighted by Crippen LogP contribution is -2.52. The zero-order chi connectivity index (χ0) is 26.1. The first-order chi connectivity index (χ1) is 17.1. The minimum atomic E-state index is -0.424. The molecular weight excluding hydrogens is 479 g/mol. The number of nitrogens with two attached hydrogens (primary N) is 1. The predicted octanol–water partition coefficient (Wildman–Crippen LogP) is 3.63. The van der Waals surface area contributed by atoms with E-state index in [1.165, 1.54) is 17.4 Å². The van der Waals surface area contributed by atoms with Crippen LogP contribution in [0.2, 0.25) is 0 Å². The summed E-state index contributed by atoms with van der Waals surface area (Å²) in [5, 5.41) is 2.46. The third-order valence-corrected chi connectivity index (χ3v) is 7.43. The second kappa shape index (κ2) is 10.6. The summed E-state index contributed by atoms with van der Waals surface area (Å²) in [5.41, 5.74) is 7.60. The third kappa shape index (κ3) is 5.10. The maximum absolute atomic E-state index is 15.4. The number of thiazole rings is 1. The Kier molecular flexibility index (Phi) is 7.65. The Balaban J connectivity index is 1.56. The number of anilines is 2. The number of carbonyl (C=O) groups is 1. The van der Waals surface area contributed by atoms with Gasteiger partial charge in [-0.05, 0) is 46.8 Å². The Morgan fingerprint density at radius 2 is 1.83 bits per heavy atom. The summed E-state index contributed by atoms with van der Waals surface area (Å²) in [5.74, 6) is -0.303. The van der Waals surface area contributed by atoms with Crippen LogP contribution >= 0.6 is 11.3 Å². The summed E-state index contributed by atoms with van der Waals surface area (Å²) in [4.78, 5) is 36.4. The first-order valence-electron chi connectivity index (χ1n) is 12.5. The number of hydrogen-bond acceptors (Lipinski definition) is 7. The minimum Gasteiger partial charge on any atom is -0.375 e. The second-order valence-corrected chi connectivity index (χ2v) is 10.7. The number of piperazine rings is 1. The van der Waals surface area contributed by atoms with Gasteiger partial charge in [0.05, 0.1) is 29.0 Å². The second-order valence-electron chi connectivity index (χ2n) is 9.80. The summed E-state index contributed by atoms with van der Waals surface area (Å²) in [6.07, 6.45) is 1.78. The van der Waals surface area contributed by atoms with Gasteiger partial charge in [-0.1, -0.05) is 0 Å². The number of amides is 1. The van der Waals surface area contributed by atoms with Crippen LogP contribution in [0, 0.1) is 5.82 Å². The number of pyridine rings is 1. The van der Waals surface area contributed by atoms with Crippen LogP contribution in [0.1, 0.15) is 34.6 Å². The molecule has 1 aromatic carbocycles. The number of nitrogen functional groups attached to an aromatic ring is 1. The van der Waals surface area contributed by atoms with Crippen molar-refractivity contribution in [3.8, 4) is 11.3 Å². The van der Waals surface area contributed by atoms with Gasteiger partial charge in [0, 0.05) is 61.8 Å². The Hall–Kier alpha value is -2.98. The van der Waals surface area contributed by atoms with E-state index < -0.39 is 5.82 Å². The summed E-state index contributed by atoms with van der Waals surface area (Å²) >= 11 is 1.27. The molecule has 0 unspecified atom stereocenters. The average Bonchev–Trinajstić information content (AvgIpc) is 3.25. The van der Waals surface area contributed by atoms with Crippen LogP contribution < -0.4 is 16.1 Å². The normalized spacial score (nSPS) is 14.8. The molecule has 10 heteroatoms. The Labute approximate surface area is 215 Å². The summed E-state index contributed by atoms with van der Waals surface area (Å²) in [6.45, 7) is 13.6. The maximum Gasteiger partial charge on any atom is 0.237 e. The molecule has 0 radical (unpaired) electrons. The van der Waals surface area contributed by atoms with E-state index in [1.807, 2.05) is 49.0 Å². The molecule has 0 saturated carbocycles. The van der Waals surface area contributed by atoms with Crippen LogP contribution in [0.4, 0.5) is 15.2 Å². The first kappa shape index (κ1) is 26.1. The van der Waals surface area contributed by atoms with Crippen molar-refractivity contribution in [3.63, 3.8) is 0 Å². The molecule has 2 aromatic heterocycles. The SMILES string of the molecule is CCn1cc(-c2csc(N)n2)c(=O)c2cc(F)c(N3CCN(CC(=O)N(C(C)C)C(C)C)CC3)cc21. The molecule has 1 amide bonds. The zero-order valence-electron chi connectivity index (χ0n) is 21.6. The quantitative estimate of drug-likeness (QED) is 0.518. The zero-order valence-corrected chi connectivity index (χ0v) is 22.4. The fourth-order valence-corrected chi connectivity index (χ4v) is 5.65. The number of halogens is 1. The highest BCUT2D eigenvalue weighted by molar-refractivity contribution is 7.13. The Bertz CT molecular complexity index is 1300. The Morgan fingerprint density at radius 3 is 2.39 bits per heavy atom. The van der Waals surface area contributed by atoms with E-state index in [-0.39, 0.29) is 23.4 Å². The van der Waals surface area contributed by atoms with Crippen molar-refractivity contribution < 1.29 is 9.18 Å². The Morgan fingerprint density at radius 1 is 1.17 bits per heavy atom. The molecule has 1 saturated heterocycles. The van der Waals surface area contributed by atoms with E-state index >= 15 is 4.39 Å². The fraction of sp³-hybridized carbons (Fsp3) is 0.500. The van der Waals surface area contributed by atoms with Crippen molar-refractivity contribution in [2.75, 3.05) is 43.4 Å². The third-order valence-electron chi connectivity index (χ3n) is 6.76. The number of aromatic nitrogens is 2. The van der Waals surface area contributed by atoms with Crippen molar-refractivity contribution >= 4 is 39.0 Å². The lowest BCUT2D eigenvalue weighted by molar-refractivity contribution is -0.136. The van der Waals surface area contributed by atoms with Gasteiger partial charge in [0.25, 0.3) is 0 Å². The summed E-state index contributed by atoms with van der Waals surface area (Å²) in [7, 11) is 0. The highest BCUT2D eigenvalue weighted by atomic mass is 32.1. The standard InChI is InChI=1S/C26H35FN6O2S/c1-6-31-13-19(21-15-36-26(28)29-21)25(35)18-11-20(27)23(12-22(18)31)32-9-7-30(8-10-32)14-24(34)33(16(2)3)17(4)5/h11-13,15-17H,6-10,14H2,1-5H3,(H2,28,29). The number of hydrogen-bond donors (Lipinski definition) is 1. The van der Waals surface area contributed by atoms with E-state index in [4.69, 9.17) is 5.73 Å². The van der Waals surface area contributed by atoms with Crippen molar-refractivity contribution in [3.05, 3.63) is 39.8 Å². The van der Waals surface area contributed by atoms with E-state index in [0.717, 1.165) is 0 Å². The van der Waals surface area contributed by atoms with Gasteiger partial charge in [0.15, 0.2) is 10.6 Å². The van der Waals surface area contributed by atoms with Crippen LogP contribution in [0.25, 0.3) is 22.2 Å². The van der Waals surface area contributed by atoms with E-state index in [2.05, 4.69) is 9.88 Å². The smallest absolute Gasteiger partial charge is 0.237 e. The maximum atomic E-state index is 15.4. The van der Waals surface area contributed by atoms with E-state index in [0.29, 0.717) is 72.2 Å². The molecule has 3 heterocycles. The van der Waals surface area contributed by atoms with Gasteiger partial charge in [-0.3, -0.25) is 14.5 Å². The molecule has 3 aromatic rings. The van der Waals surface area contributed by atoms with Gasteiger partial charge in [-0.2, -0.15) is 0 Å². The molecule has 1 aliphatic rings. The molecule has 0 spiro atoms. The molecule has 0 aliphatic carbocycles. The van der Waals surface area contributed by atoms with Crippen LogP contribution in [0.15, 0.2) is 28.5 Å². The van der Waals surface area contributed by atoms with Gasteiger partial charge in [-0.25, -0.2) is 9.37 Å². The first-order valence-corrected chi connectivity index (χ1v) is 13.3. The van der Waals surface area contributed by atoms with E-state index in [1.54, 1.807) is 17.6 Å². The molecule has 194 valence electrons. The highest BCUT2D eigenvalue weighted by Crippen LogP contribution is 2.28. The number of nitrogens with zero attached hydrogens (tertiary/aromatic N) is 5. The number of rotatable bonds is 7. The molecule has 0 atom stereocenters. The number of fused-ring (bicyclic) bond motifs is 1.